The third kappa shape index (κ3) is 4.47. The number of carbonyl (C=O) groups is 1. The standard InChI is InChI=1S/C19H14ClFN6OS/c20-13-2-1-3-15(8-13)27-12-23-25-19(27)29-10-18(28)24-14-4-5-17(16(21)9-14)26-7-6-22-11-26/h1-9,11-12H,10H2,(H,24,28). The number of benzene rings is 2. The quantitative estimate of drug-likeness (QED) is 0.470. The van der Waals surface area contributed by atoms with Gasteiger partial charge in [-0.15, -0.1) is 10.2 Å². The van der Waals surface area contributed by atoms with Crippen molar-refractivity contribution in [2.75, 3.05) is 11.1 Å². The van der Waals surface area contributed by atoms with Crippen molar-refractivity contribution in [3.63, 3.8) is 0 Å². The zero-order chi connectivity index (χ0) is 20.2. The smallest absolute Gasteiger partial charge is 0.234 e. The molecular weight excluding hydrogens is 415 g/mol. The van der Waals surface area contributed by atoms with E-state index in [1.807, 2.05) is 12.1 Å². The molecule has 0 fully saturated rings. The number of halogens is 2. The number of amides is 1. The summed E-state index contributed by atoms with van der Waals surface area (Å²) in [6, 6.07) is 11.7. The highest BCUT2D eigenvalue weighted by Crippen LogP contribution is 2.22. The summed E-state index contributed by atoms with van der Waals surface area (Å²) in [6.45, 7) is 0. The van der Waals surface area contributed by atoms with Crippen LogP contribution in [0.25, 0.3) is 11.4 Å². The van der Waals surface area contributed by atoms with E-state index in [0.717, 1.165) is 5.69 Å². The molecule has 0 atom stereocenters. The van der Waals surface area contributed by atoms with Crippen LogP contribution in [0.5, 0.6) is 0 Å². The predicted octanol–water partition coefficient (Wildman–Crippen LogP) is 3.98. The number of hydrogen-bond acceptors (Lipinski definition) is 5. The lowest BCUT2D eigenvalue weighted by Gasteiger charge is -2.09. The van der Waals surface area contributed by atoms with E-state index < -0.39 is 5.82 Å². The van der Waals surface area contributed by atoms with Crippen LogP contribution in [-0.2, 0) is 4.79 Å². The van der Waals surface area contributed by atoms with Crippen molar-refractivity contribution in [2.24, 2.45) is 0 Å². The van der Waals surface area contributed by atoms with E-state index in [-0.39, 0.29) is 11.7 Å². The van der Waals surface area contributed by atoms with Crippen molar-refractivity contribution in [3.8, 4) is 11.4 Å². The zero-order valence-corrected chi connectivity index (χ0v) is 16.4. The normalized spacial score (nSPS) is 10.8. The average molecular weight is 429 g/mol. The minimum Gasteiger partial charge on any atom is -0.325 e. The minimum atomic E-state index is -0.464. The van der Waals surface area contributed by atoms with Crippen LogP contribution in [-0.4, -0.2) is 36.0 Å². The molecule has 2 aromatic heterocycles. The molecule has 1 amide bonds. The van der Waals surface area contributed by atoms with Gasteiger partial charge in [-0.2, -0.15) is 0 Å². The Balaban J connectivity index is 1.40. The number of carbonyl (C=O) groups excluding carboxylic acids is 1. The van der Waals surface area contributed by atoms with E-state index >= 15 is 0 Å². The van der Waals surface area contributed by atoms with Crippen LogP contribution in [0.15, 0.2) is 72.7 Å². The molecule has 0 spiro atoms. The van der Waals surface area contributed by atoms with Gasteiger partial charge in [0.15, 0.2) is 5.16 Å². The highest BCUT2D eigenvalue weighted by atomic mass is 35.5. The van der Waals surface area contributed by atoms with E-state index in [1.54, 1.807) is 52.1 Å². The molecule has 0 unspecified atom stereocenters. The third-order valence-corrected chi connectivity index (χ3v) is 5.13. The van der Waals surface area contributed by atoms with E-state index in [9.17, 15) is 9.18 Å². The Morgan fingerprint density at radius 2 is 2.10 bits per heavy atom. The molecule has 4 aromatic rings. The lowest BCUT2D eigenvalue weighted by molar-refractivity contribution is -0.113. The van der Waals surface area contributed by atoms with Gasteiger partial charge in [0, 0.05) is 23.1 Å². The first-order chi connectivity index (χ1) is 14.1. The van der Waals surface area contributed by atoms with Gasteiger partial charge < -0.3 is 9.88 Å². The second-order valence-electron chi connectivity index (χ2n) is 5.94. The molecule has 2 aromatic carbocycles. The van der Waals surface area contributed by atoms with Gasteiger partial charge in [-0.05, 0) is 36.4 Å². The molecule has 4 rings (SSSR count). The van der Waals surface area contributed by atoms with E-state index in [2.05, 4.69) is 20.5 Å². The maximum absolute atomic E-state index is 14.3. The average Bonchev–Trinajstić information content (AvgIpc) is 3.38. The predicted molar refractivity (Wildman–Crippen MR) is 109 cm³/mol. The molecule has 0 saturated carbocycles. The molecule has 0 aliphatic rings. The summed E-state index contributed by atoms with van der Waals surface area (Å²) in [6.07, 6.45) is 6.26. The largest absolute Gasteiger partial charge is 0.325 e. The van der Waals surface area contributed by atoms with Gasteiger partial charge in [0.05, 0.1) is 23.5 Å². The van der Waals surface area contributed by atoms with Gasteiger partial charge in [-0.1, -0.05) is 29.4 Å². The van der Waals surface area contributed by atoms with Crippen molar-refractivity contribution in [2.45, 2.75) is 5.16 Å². The molecule has 7 nitrogen and oxygen atoms in total. The maximum atomic E-state index is 14.3. The van der Waals surface area contributed by atoms with Crippen molar-refractivity contribution in [1.82, 2.24) is 24.3 Å². The Kier molecular flexibility index (Phi) is 5.59. The molecule has 0 saturated heterocycles. The van der Waals surface area contributed by atoms with Crippen LogP contribution in [0, 0.1) is 5.82 Å². The summed E-state index contributed by atoms with van der Waals surface area (Å²) >= 11 is 7.24. The fourth-order valence-electron chi connectivity index (χ4n) is 2.65. The summed E-state index contributed by atoms with van der Waals surface area (Å²) in [7, 11) is 0. The lowest BCUT2D eigenvalue weighted by Crippen LogP contribution is -2.15. The first kappa shape index (κ1) is 19.2. The second-order valence-corrected chi connectivity index (χ2v) is 7.32. The van der Waals surface area contributed by atoms with Crippen molar-refractivity contribution >= 4 is 35.0 Å². The summed E-state index contributed by atoms with van der Waals surface area (Å²) in [5.41, 5.74) is 1.51. The Morgan fingerprint density at radius 3 is 2.86 bits per heavy atom. The second kappa shape index (κ2) is 8.46. The number of imidazole rings is 1. The number of nitrogens with one attached hydrogen (secondary N) is 1. The fourth-order valence-corrected chi connectivity index (χ4v) is 3.56. The van der Waals surface area contributed by atoms with Crippen LogP contribution < -0.4 is 5.32 Å². The SMILES string of the molecule is O=C(CSc1nncn1-c1cccc(Cl)c1)Nc1ccc(-n2ccnc2)c(F)c1. The van der Waals surface area contributed by atoms with Crippen LogP contribution in [0.3, 0.4) is 0 Å². The fraction of sp³-hybridized carbons (Fsp3) is 0.0526. The molecule has 1 N–H and O–H groups in total. The number of anilines is 1. The van der Waals surface area contributed by atoms with E-state index in [0.29, 0.717) is 21.6 Å². The Bertz CT molecular complexity index is 1150. The van der Waals surface area contributed by atoms with Crippen LogP contribution >= 0.6 is 23.4 Å². The summed E-state index contributed by atoms with van der Waals surface area (Å²) < 4.78 is 17.6. The third-order valence-electron chi connectivity index (χ3n) is 3.95. The molecular formula is C19H14ClFN6OS. The number of aromatic nitrogens is 5. The summed E-state index contributed by atoms with van der Waals surface area (Å²) in [4.78, 5) is 16.2. The van der Waals surface area contributed by atoms with Gasteiger partial charge in [0.1, 0.15) is 12.1 Å². The number of hydrogen-bond donors (Lipinski definition) is 1. The molecule has 0 aliphatic carbocycles. The monoisotopic (exact) mass is 428 g/mol. The number of nitrogens with zero attached hydrogens (tertiary/aromatic N) is 5. The number of rotatable bonds is 6. The van der Waals surface area contributed by atoms with Crippen molar-refractivity contribution in [3.05, 3.63) is 78.4 Å². The minimum absolute atomic E-state index is 0.0875. The van der Waals surface area contributed by atoms with Gasteiger partial charge in [0.2, 0.25) is 5.91 Å². The first-order valence-electron chi connectivity index (χ1n) is 8.46. The van der Waals surface area contributed by atoms with Gasteiger partial charge in [0.25, 0.3) is 0 Å². The molecule has 0 radical (unpaired) electrons. The Hall–Kier alpha value is -3.17. The molecule has 2 heterocycles. The van der Waals surface area contributed by atoms with Crippen molar-refractivity contribution < 1.29 is 9.18 Å². The summed E-state index contributed by atoms with van der Waals surface area (Å²) in [5, 5.41) is 11.8. The molecule has 29 heavy (non-hydrogen) atoms. The van der Waals surface area contributed by atoms with E-state index in [1.165, 1.54) is 24.2 Å². The summed E-state index contributed by atoms with van der Waals surface area (Å²) in [5.74, 6) is -0.663. The zero-order valence-electron chi connectivity index (χ0n) is 14.9. The Morgan fingerprint density at radius 1 is 1.21 bits per heavy atom. The van der Waals surface area contributed by atoms with Gasteiger partial charge in [-0.25, -0.2) is 9.37 Å². The molecule has 10 heteroatoms. The highest BCUT2D eigenvalue weighted by molar-refractivity contribution is 7.99. The molecule has 0 aliphatic heterocycles. The number of thioether (sulfide) groups is 1. The van der Waals surface area contributed by atoms with Crippen LogP contribution in [0.1, 0.15) is 0 Å². The van der Waals surface area contributed by atoms with Crippen LogP contribution in [0.2, 0.25) is 5.02 Å². The highest BCUT2D eigenvalue weighted by Gasteiger charge is 2.12. The topological polar surface area (TPSA) is 77.6 Å². The first-order valence-corrected chi connectivity index (χ1v) is 9.83. The van der Waals surface area contributed by atoms with Gasteiger partial charge >= 0.3 is 0 Å². The van der Waals surface area contributed by atoms with Crippen LogP contribution in [0.4, 0.5) is 10.1 Å². The van der Waals surface area contributed by atoms with E-state index in [4.69, 9.17) is 11.6 Å². The molecule has 146 valence electrons. The van der Waals surface area contributed by atoms with Crippen molar-refractivity contribution in [1.29, 1.82) is 0 Å². The lowest BCUT2D eigenvalue weighted by atomic mass is 10.2. The molecule has 0 bridgehead atoms. The maximum Gasteiger partial charge on any atom is 0.234 e. The Labute approximate surface area is 174 Å². The van der Waals surface area contributed by atoms with Gasteiger partial charge in [-0.3, -0.25) is 9.36 Å².